The molecule has 0 aliphatic carbocycles. The van der Waals surface area contributed by atoms with Crippen LogP contribution in [0, 0.1) is 5.92 Å². The summed E-state index contributed by atoms with van der Waals surface area (Å²) >= 11 is 6.11. The van der Waals surface area contributed by atoms with Gasteiger partial charge in [-0.05, 0) is 49.1 Å². The Morgan fingerprint density at radius 2 is 1.80 bits per heavy atom. The molecule has 1 aliphatic heterocycles. The predicted octanol–water partition coefficient (Wildman–Crippen LogP) is 3.77. The van der Waals surface area contributed by atoms with Crippen molar-refractivity contribution in [1.29, 1.82) is 0 Å². The number of hydrogen-bond acceptors (Lipinski definition) is 4. The SMILES string of the molecule is COc1ccc([C@@H](C)NC(=O)C2CCN(S(=O)(=O)Cc3ccccc3Cl)CC2)cc1. The molecule has 162 valence electrons. The number of methoxy groups -OCH3 is 1. The normalized spacial score (nSPS) is 16.8. The summed E-state index contributed by atoms with van der Waals surface area (Å²) in [5.74, 6) is 0.402. The van der Waals surface area contributed by atoms with Crippen molar-refractivity contribution in [3.63, 3.8) is 0 Å². The average molecular weight is 451 g/mol. The minimum atomic E-state index is -3.48. The van der Waals surface area contributed by atoms with E-state index in [0.717, 1.165) is 11.3 Å². The number of amides is 1. The van der Waals surface area contributed by atoms with Gasteiger partial charge in [-0.3, -0.25) is 4.79 Å². The Morgan fingerprint density at radius 3 is 2.40 bits per heavy atom. The molecule has 0 unspecified atom stereocenters. The van der Waals surface area contributed by atoms with Crippen molar-refractivity contribution in [2.24, 2.45) is 5.92 Å². The molecule has 0 radical (unpaired) electrons. The number of carbonyl (C=O) groups excluding carboxylic acids is 1. The number of piperidine rings is 1. The molecule has 2 aromatic carbocycles. The Morgan fingerprint density at radius 1 is 1.17 bits per heavy atom. The fourth-order valence-corrected chi connectivity index (χ4v) is 5.48. The molecule has 0 spiro atoms. The van der Waals surface area contributed by atoms with E-state index >= 15 is 0 Å². The molecule has 0 saturated carbocycles. The highest BCUT2D eigenvalue weighted by Gasteiger charge is 2.32. The molecule has 30 heavy (non-hydrogen) atoms. The van der Waals surface area contributed by atoms with Crippen LogP contribution in [0.5, 0.6) is 5.75 Å². The molecule has 2 aromatic rings. The molecular weight excluding hydrogens is 424 g/mol. The van der Waals surface area contributed by atoms with Crippen LogP contribution in [0.1, 0.15) is 36.9 Å². The van der Waals surface area contributed by atoms with E-state index in [2.05, 4.69) is 5.32 Å². The van der Waals surface area contributed by atoms with Crippen molar-refractivity contribution in [1.82, 2.24) is 9.62 Å². The molecule has 1 N–H and O–H groups in total. The fourth-order valence-electron chi connectivity index (χ4n) is 3.61. The number of halogens is 1. The van der Waals surface area contributed by atoms with Gasteiger partial charge in [0.2, 0.25) is 15.9 Å². The Kier molecular flexibility index (Phi) is 7.39. The van der Waals surface area contributed by atoms with E-state index in [1.54, 1.807) is 31.4 Å². The molecule has 8 heteroatoms. The minimum Gasteiger partial charge on any atom is -0.497 e. The second-order valence-corrected chi connectivity index (χ2v) is 9.90. The van der Waals surface area contributed by atoms with E-state index < -0.39 is 10.0 Å². The lowest BCUT2D eigenvalue weighted by Gasteiger charge is -2.31. The molecule has 0 bridgehead atoms. The largest absolute Gasteiger partial charge is 0.497 e. The van der Waals surface area contributed by atoms with Crippen molar-refractivity contribution in [3.8, 4) is 5.75 Å². The van der Waals surface area contributed by atoms with Crippen molar-refractivity contribution < 1.29 is 17.9 Å². The first kappa shape index (κ1) is 22.6. The molecule has 0 aromatic heterocycles. The van der Waals surface area contributed by atoms with Crippen LogP contribution in [-0.4, -0.2) is 38.8 Å². The third kappa shape index (κ3) is 5.53. The third-order valence-electron chi connectivity index (χ3n) is 5.49. The highest BCUT2D eigenvalue weighted by Crippen LogP contribution is 2.25. The predicted molar refractivity (Wildman–Crippen MR) is 118 cm³/mol. The summed E-state index contributed by atoms with van der Waals surface area (Å²) in [5.41, 5.74) is 1.58. The van der Waals surface area contributed by atoms with E-state index in [1.165, 1.54) is 4.31 Å². The molecule has 3 rings (SSSR count). The van der Waals surface area contributed by atoms with Crippen molar-refractivity contribution in [2.45, 2.75) is 31.6 Å². The molecular formula is C22H27ClN2O4S. The number of nitrogens with zero attached hydrogens (tertiary/aromatic N) is 1. The van der Waals surface area contributed by atoms with E-state index in [1.807, 2.05) is 31.2 Å². The molecule has 6 nitrogen and oxygen atoms in total. The molecule has 1 aliphatic rings. The highest BCUT2D eigenvalue weighted by atomic mass is 35.5. The Hall–Kier alpha value is -2.09. The van der Waals surface area contributed by atoms with Gasteiger partial charge in [0, 0.05) is 24.0 Å². The smallest absolute Gasteiger partial charge is 0.223 e. The van der Waals surface area contributed by atoms with Gasteiger partial charge in [-0.2, -0.15) is 0 Å². The summed E-state index contributed by atoms with van der Waals surface area (Å²) in [5, 5.41) is 3.49. The Labute approximate surface area is 183 Å². The standard InChI is InChI=1S/C22H27ClN2O4S/c1-16(17-7-9-20(29-2)10-8-17)24-22(26)18-11-13-25(14-12-18)30(27,28)15-19-5-3-4-6-21(19)23/h3-10,16,18H,11-15H2,1-2H3,(H,24,26)/t16-/m1/s1. The highest BCUT2D eigenvalue weighted by molar-refractivity contribution is 7.88. The van der Waals surface area contributed by atoms with E-state index in [4.69, 9.17) is 16.3 Å². The van der Waals surface area contributed by atoms with Crippen LogP contribution < -0.4 is 10.1 Å². The van der Waals surface area contributed by atoms with Gasteiger partial charge in [0.1, 0.15) is 5.75 Å². The van der Waals surface area contributed by atoms with Crippen molar-refractivity contribution >= 4 is 27.5 Å². The first-order valence-electron chi connectivity index (χ1n) is 9.95. The van der Waals surface area contributed by atoms with Crippen molar-refractivity contribution in [2.75, 3.05) is 20.2 Å². The van der Waals surface area contributed by atoms with Crippen molar-refractivity contribution in [3.05, 3.63) is 64.7 Å². The summed E-state index contributed by atoms with van der Waals surface area (Å²) in [6.45, 7) is 2.60. The van der Waals surface area contributed by atoms with E-state index in [9.17, 15) is 13.2 Å². The molecule has 1 saturated heterocycles. The number of benzene rings is 2. The van der Waals surface area contributed by atoms with Gasteiger partial charge in [-0.25, -0.2) is 12.7 Å². The van der Waals surface area contributed by atoms with Gasteiger partial charge in [0.15, 0.2) is 0 Å². The van der Waals surface area contributed by atoms with Gasteiger partial charge in [-0.1, -0.05) is 41.9 Å². The second-order valence-electron chi connectivity index (χ2n) is 7.52. The van der Waals surface area contributed by atoms with Gasteiger partial charge in [0.25, 0.3) is 0 Å². The quantitative estimate of drug-likeness (QED) is 0.696. The maximum Gasteiger partial charge on any atom is 0.223 e. The first-order valence-corrected chi connectivity index (χ1v) is 11.9. The summed E-state index contributed by atoms with van der Waals surface area (Å²) in [4.78, 5) is 12.7. The number of hydrogen-bond donors (Lipinski definition) is 1. The summed E-state index contributed by atoms with van der Waals surface area (Å²) in [6, 6.07) is 14.4. The zero-order chi connectivity index (χ0) is 21.7. The number of rotatable bonds is 7. The van der Waals surface area contributed by atoms with Crippen LogP contribution in [-0.2, 0) is 20.6 Å². The summed E-state index contributed by atoms with van der Waals surface area (Å²) < 4.78 is 32.1. The lowest BCUT2D eigenvalue weighted by Crippen LogP contribution is -2.43. The fraction of sp³-hybridized carbons (Fsp3) is 0.409. The van der Waals surface area contributed by atoms with Crippen LogP contribution in [0.25, 0.3) is 0 Å². The number of carbonyl (C=O) groups is 1. The Balaban J connectivity index is 1.54. The second kappa shape index (κ2) is 9.81. The number of nitrogens with one attached hydrogen (secondary N) is 1. The van der Waals surface area contributed by atoms with Crippen LogP contribution in [0.2, 0.25) is 5.02 Å². The van der Waals surface area contributed by atoms with Gasteiger partial charge < -0.3 is 10.1 Å². The summed E-state index contributed by atoms with van der Waals surface area (Å²) in [6.07, 6.45) is 1.01. The van der Waals surface area contributed by atoms with E-state index in [-0.39, 0.29) is 23.6 Å². The first-order chi connectivity index (χ1) is 14.3. The topological polar surface area (TPSA) is 75.7 Å². The van der Waals surface area contributed by atoms with E-state index in [0.29, 0.717) is 36.5 Å². The van der Waals surface area contributed by atoms with Crippen LogP contribution in [0.3, 0.4) is 0 Å². The molecule has 1 fully saturated rings. The van der Waals surface area contributed by atoms with Crippen LogP contribution in [0.15, 0.2) is 48.5 Å². The Bertz CT molecular complexity index is 971. The monoisotopic (exact) mass is 450 g/mol. The summed E-state index contributed by atoms with van der Waals surface area (Å²) in [7, 11) is -1.86. The van der Waals surface area contributed by atoms with Crippen LogP contribution >= 0.6 is 11.6 Å². The number of ether oxygens (including phenoxy) is 1. The zero-order valence-corrected chi connectivity index (χ0v) is 18.7. The van der Waals surface area contributed by atoms with Crippen LogP contribution in [0.4, 0.5) is 0 Å². The molecule has 1 amide bonds. The number of sulfonamides is 1. The average Bonchev–Trinajstić information content (AvgIpc) is 2.75. The maximum atomic E-state index is 12.8. The lowest BCUT2D eigenvalue weighted by molar-refractivity contribution is -0.126. The van der Waals surface area contributed by atoms with Gasteiger partial charge >= 0.3 is 0 Å². The van der Waals surface area contributed by atoms with Gasteiger partial charge in [0.05, 0.1) is 18.9 Å². The molecule has 1 atom stereocenters. The maximum absolute atomic E-state index is 12.8. The molecule has 1 heterocycles. The van der Waals surface area contributed by atoms with Gasteiger partial charge in [-0.15, -0.1) is 0 Å². The lowest BCUT2D eigenvalue weighted by atomic mass is 9.96. The zero-order valence-electron chi connectivity index (χ0n) is 17.2. The third-order valence-corrected chi connectivity index (χ3v) is 7.68. The minimum absolute atomic E-state index is 0.0403.